The second-order valence-electron chi connectivity index (χ2n) is 4.34. The normalized spacial score (nSPS) is 14.1. The van der Waals surface area contributed by atoms with Crippen molar-refractivity contribution in [3.05, 3.63) is 24.3 Å². The molecule has 0 heterocycles. The minimum Gasteiger partial charge on any atom is -0.353 e. The number of carbonyl (C=O) groups excluding carboxylic acids is 2. The lowest BCUT2D eigenvalue weighted by Crippen LogP contribution is -2.26. The first-order valence-corrected chi connectivity index (χ1v) is 6.92. The van der Waals surface area contributed by atoms with Crippen LogP contribution in [0.3, 0.4) is 0 Å². The highest BCUT2D eigenvalue weighted by Gasteiger charge is 2.22. The van der Waals surface area contributed by atoms with Crippen LogP contribution in [0.25, 0.3) is 0 Å². The Morgan fingerprint density at radius 1 is 1.28 bits per heavy atom. The maximum atomic E-state index is 11.5. The topological polar surface area (TPSA) is 58.2 Å². The van der Waals surface area contributed by atoms with E-state index in [-0.39, 0.29) is 11.8 Å². The summed E-state index contributed by atoms with van der Waals surface area (Å²) in [5.74, 6) is 0.448. The lowest BCUT2D eigenvalue weighted by Gasteiger charge is -2.05. The van der Waals surface area contributed by atoms with Crippen LogP contribution in [0.15, 0.2) is 29.2 Å². The van der Waals surface area contributed by atoms with Gasteiger partial charge in [0.05, 0.1) is 5.75 Å². The molecule has 0 bridgehead atoms. The minimum absolute atomic E-state index is 0.0841. The van der Waals surface area contributed by atoms with Crippen LogP contribution >= 0.6 is 11.8 Å². The molecule has 0 saturated heterocycles. The molecule has 2 N–H and O–H groups in total. The predicted molar refractivity (Wildman–Crippen MR) is 72.6 cm³/mol. The van der Waals surface area contributed by atoms with Crippen molar-refractivity contribution in [1.29, 1.82) is 0 Å². The first kappa shape index (κ1) is 13.0. The van der Waals surface area contributed by atoms with Crippen LogP contribution in [-0.4, -0.2) is 23.6 Å². The molecule has 1 fully saturated rings. The first-order valence-electron chi connectivity index (χ1n) is 5.93. The fraction of sp³-hybridized carbons (Fsp3) is 0.385. The zero-order chi connectivity index (χ0) is 13.0. The summed E-state index contributed by atoms with van der Waals surface area (Å²) in [6.45, 7) is 1.48. The van der Waals surface area contributed by atoms with Crippen LogP contribution < -0.4 is 10.6 Å². The Morgan fingerprint density at radius 2 is 1.94 bits per heavy atom. The van der Waals surface area contributed by atoms with E-state index in [1.165, 1.54) is 18.7 Å². The van der Waals surface area contributed by atoms with Crippen molar-refractivity contribution >= 4 is 29.3 Å². The SMILES string of the molecule is CC(=O)Nc1ccc(SCC(=O)NC2CC2)cc1. The molecule has 0 atom stereocenters. The predicted octanol–water partition coefficient (Wildman–Crippen LogP) is 2.02. The Kier molecular flexibility index (Phi) is 4.25. The van der Waals surface area contributed by atoms with Gasteiger partial charge in [-0.2, -0.15) is 0 Å². The molecule has 1 aliphatic rings. The molecule has 0 radical (unpaired) electrons. The first-order chi connectivity index (χ1) is 8.63. The highest BCUT2D eigenvalue weighted by atomic mass is 32.2. The van der Waals surface area contributed by atoms with E-state index < -0.39 is 0 Å². The quantitative estimate of drug-likeness (QED) is 0.800. The van der Waals surface area contributed by atoms with Gasteiger partial charge < -0.3 is 10.6 Å². The van der Waals surface area contributed by atoms with Crippen molar-refractivity contribution in [2.24, 2.45) is 0 Å². The van der Waals surface area contributed by atoms with Crippen LogP contribution in [0.1, 0.15) is 19.8 Å². The van der Waals surface area contributed by atoms with Gasteiger partial charge in [0.15, 0.2) is 0 Å². The summed E-state index contributed by atoms with van der Waals surface area (Å²) in [5, 5.41) is 5.65. The highest BCUT2D eigenvalue weighted by Crippen LogP contribution is 2.22. The van der Waals surface area contributed by atoms with E-state index in [2.05, 4.69) is 10.6 Å². The van der Waals surface area contributed by atoms with E-state index in [1.54, 1.807) is 0 Å². The van der Waals surface area contributed by atoms with Gasteiger partial charge in [-0.25, -0.2) is 0 Å². The molecule has 5 heteroatoms. The third kappa shape index (κ3) is 4.41. The molecule has 0 unspecified atom stereocenters. The molecule has 0 spiro atoms. The smallest absolute Gasteiger partial charge is 0.230 e. The minimum atomic E-state index is -0.0841. The van der Waals surface area contributed by atoms with E-state index in [0.717, 1.165) is 23.4 Å². The molecule has 1 aromatic rings. The standard InChI is InChI=1S/C13H16N2O2S/c1-9(16)14-10-4-6-12(7-5-10)18-8-13(17)15-11-2-3-11/h4-7,11H,2-3,8H2,1H3,(H,14,16)(H,15,17). The molecule has 2 rings (SSSR count). The molecule has 0 aromatic heterocycles. The van der Waals surface area contributed by atoms with Gasteiger partial charge in [-0.3, -0.25) is 9.59 Å². The molecule has 18 heavy (non-hydrogen) atoms. The van der Waals surface area contributed by atoms with E-state index in [9.17, 15) is 9.59 Å². The van der Waals surface area contributed by atoms with Gasteiger partial charge in [-0.15, -0.1) is 11.8 Å². The summed E-state index contributed by atoms with van der Waals surface area (Å²) in [6, 6.07) is 7.89. The number of hydrogen-bond donors (Lipinski definition) is 2. The van der Waals surface area contributed by atoms with Gasteiger partial charge in [0.1, 0.15) is 0 Å². The number of anilines is 1. The zero-order valence-corrected chi connectivity index (χ0v) is 11.0. The Hall–Kier alpha value is -1.49. The fourth-order valence-corrected chi connectivity index (χ4v) is 2.19. The third-order valence-electron chi connectivity index (χ3n) is 2.49. The summed E-state index contributed by atoms with van der Waals surface area (Å²) >= 11 is 1.50. The lowest BCUT2D eigenvalue weighted by atomic mass is 10.3. The average molecular weight is 264 g/mol. The van der Waals surface area contributed by atoms with E-state index in [4.69, 9.17) is 0 Å². The average Bonchev–Trinajstić information content (AvgIpc) is 3.11. The van der Waals surface area contributed by atoms with Gasteiger partial charge >= 0.3 is 0 Å². The van der Waals surface area contributed by atoms with Crippen LogP contribution in [0.4, 0.5) is 5.69 Å². The van der Waals surface area contributed by atoms with Crippen molar-refractivity contribution in [1.82, 2.24) is 5.32 Å². The van der Waals surface area contributed by atoms with Crippen molar-refractivity contribution < 1.29 is 9.59 Å². The van der Waals surface area contributed by atoms with Crippen LogP contribution in [0, 0.1) is 0 Å². The number of rotatable bonds is 5. The molecule has 1 aromatic carbocycles. The molecule has 4 nitrogen and oxygen atoms in total. The Balaban J connectivity index is 1.78. The van der Waals surface area contributed by atoms with Crippen LogP contribution in [-0.2, 0) is 9.59 Å². The number of carbonyl (C=O) groups is 2. The monoisotopic (exact) mass is 264 g/mol. The van der Waals surface area contributed by atoms with Gasteiger partial charge in [0.2, 0.25) is 11.8 Å². The van der Waals surface area contributed by atoms with E-state index >= 15 is 0 Å². The Morgan fingerprint density at radius 3 is 2.50 bits per heavy atom. The second kappa shape index (κ2) is 5.91. The lowest BCUT2D eigenvalue weighted by molar-refractivity contribution is -0.118. The van der Waals surface area contributed by atoms with Gasteiger partial charge in [0, 0.05) is 23.5 Å². The summed E-state index contributed by atoms with van der Waals surface area (Å²) in [5.41, 5.74) is 0.772. The second-order valence-corrected chi connectivity index (χ2v) is 5.38. The Labute approximate surface area is 111 Å². The molecular weight excluding hydrogens is 248 g/mol. The van der Waals surface area contributed by atoms with Gasteiger partial charge in [-0.1, -0.05) is 0 Å². The number of thioether (sulfide) groups is 1. The van der Waals surface area contributed by atoms with Crippen molar-refractivity contribution in [3.8, 4) is 0 Å². The van der Waals surface area contributed by atoms with Gasteiger partial charge in [0.25, 0.3) is 0 Å². The molecular formula is C13H16N2O2S. The molecule has 0 aliphatic heterocycles. The molecule has 1 aliphatic carbocycles. The third-order valence-corrected chi connectivity index (χ3v) is 3.50. The fourth-order valence-electron chi connectivity index (χ4n) is 1.48. The van der Waals surface area contributed by atoms with Crippen LogP contribution in [0.2, 0.25) is 0 Å². The summed E-state index contributed by atoms with van der Waals surface area (Å²) in [7, 11) is 0. The number of benzene rings is 1. The summed E-state index contributed by atoms with van der Waals surface area (Å²) < 4.78 is 0. The molecule has 96 valence electrons. The zero-order valence-electron chi connectivity index (χ0n) is 10.2. The largest absolute Gasteiger partial charge is 0.353 e. The maximum Gasteiger partial charge on any atom is 0.230 e. The molecule has 2 amide bonds. The van der Waals surface area contributed by atoms with E-state index in [1.807, 2.05) is 24.3 Å². The van der Waals surface area contributed by atoms with Gasteiger partial charge in [-0.05, 0) is 37.1 Å². The maximum absolute atomic E-state index is 11.5. The number of hydrogen-bond acceptors (Lipinski definition) is 3. The summed E-state index contributed by atoms with van der Waals surface area (Å²) in [6.07, 6.45) is 2.23. The van der Waals surface area contributed by atoms with Crippen molar-refractivity contribution in [2.45, 2.75) is 30.7 Å². The Bertz CT molecular complexity index is 441. The highest BCUT2D eigenvalue weighted by molar-refractivity contribution is 8.00. The summed E-state index contributed by atoms with van der Waals surface area (Å²) in [4.78, 5) is 23.4. The number of nitrogens with one attached hydrogen (secondary N) is 2. The van der Waals surface area contributed by atoms with Crippen molar-refractivity contribution in [2.75, 3.05) is 11.1 Å². The van der Waals surface area contributed by atoms with Crippen molar-refractivity contribution in [3.63, 3.8) is 0 Å². The number of amides is 2. The van der Waals surface area contributed by atoms with Crippen LogP contribution in [0.5, 0.6) is 0 Å². The molecule has 1 saturated carbocycles. The van der Waals surface area contributed by atoms with E-state index in [0.29, 0.717) is 11.8 Å².